The van der Waals surface area contributed by atoms with Crippen LogP contribution in [0, 0.1) is 5.92 Å². The van der Waals surface area contributed by atoms with Crippen molar-refractivity contribution in [3.63, 3.8) is 0 Å². The highest BCUT2D eigenvalue weighted by atomic mass is 16.5. The number of carbonyl (C=O) groups is 2. The maximum Gasteiger partial charge on any atom is 0.305 e. The lowest BCUT2D eigenvalue weighted by Crippen LogP contribution is -2.40. The lowest BCUT2D eigenvalue weighted by atomic mass is 9.94. The average molecular weight is 305 g/mol. The van der Waals surface area contributed by atoms with Crippen molar-refractivity contribution in [1.29, 1.82) is 0 Å². The quantitative estimate of drug-likeness (QED) is 0.876. The lowest BCUT2D eigenvalue weighted by molar-refractivity contribution is -0.143. The van der Waals surface area contributed by atoms with Crippen LogP contribution < -0.4 is 0 Å². The van der Waals surface area contributed by atoms with Gasteiger partial charge in [-0.1, -0.05) is 30.3 Å². The summed E-state index contributed by atoms with van der Waals surface area (Å²) in [6.07, 6.45) is 1.47. The van der Waals surface area contributed by atoms with Crippen LogP contribution in [0.25, 0.3) is 0 Å². The predicted octanol–water partition coefficient (Wildman–Crippen LogP) is 2.31. The Hall–Kier alpha value is -1.88. The van der Waals surface area contributed by atoms with Gasteiger partial charge >= 0.3 is 5.97 Å². The maximum atomic E-state index is 12.7. The molecular weight excluding hydrogens is 282 g/mol. The van der Waals surface area contributed by atoms with E-state index >= 15 is 0 Å². The Bertz CT molecular complexity index is 503. The first kappa shape index (κ1) is 16.5. The van der Waals surface area contributed by atoms with E-state index in [0.717, 1.165) is 5.56 Å². The van der Waals surface area contributed by atoms with Gasteiger partial charge in [-0.05, 0) is 25.3 Å². The van der Waals surface area contributed by atoms with Crippen molar-refractivity contribution in [3.05, 3.63) is 35.9 Å². The van der Waals surface area contributed by atoms with E-state index in [1.54, 1.807) is 4.90 Å². The Balaban J connectivity index is 2.05. The molecular formula is C17H23NO4. The summed E-state index contributed by atoms with van der Waals surface area (Å²) in [5.74, 6) is -0.910. The van der Waals surface area contributed by atoms with Crippen molar-refractivity contribution in [2.45, 2.75) is 38.8 Å². The van der Waals surface area contributed by atoms with Crippen LogP contribution in [0.5, 0.6) is 0 Å². The molecule has 2 rings (SSSR count). The van der Waals surface area contributed by atoms with Crippen LogP contribution in [0.1, 0.15) is 31.7 Å². The Morgan fingerprint density at radius 1 is 1.32 bits per heavy atom. The van der Waals surface area contributed by atoms with Gasteiger partial charge in [0, 0.05) is 25.6 Å². The number of carbonyl (C=O) groups excluding carboxylic acids is 1. The van der Waals surface area contributed by atoms with Crippen molar-refractivity contribution in [1.82, 2.24) is 4.90 Å². The minimum absolute atomic E-state index is 0.0304. The Labute approximate surface area is 130 Å². The maximum absolute atomic E-state index is 12.7. The Morgan fingerprint density at radius 3 is 2.68 bits per heavy atom. The lowest BCUT2D eigenvalue weighted by Gasteiger charge is -2.31. The minimum Gasteiger partial charge on any atom is -0.481 e. The fourth-order valence-corrected chi connectivity index (χ4v) is 2.78. The topological polar surface area (TPSA) is 66.8 Å². The zero-order valence-electron chi connectivity index (χ0n) is 12.9. The second-order valence-electron chi connectivity index (χ2n) is 5.79. The largest absolute Gasteiger partial charge is 0.481 e. The second kappa shape index (κ2) is 7.94. The van der Waals surface area contributed by atoms with E-state index in [1.807, 2.05) is 37.3 Å². The SMILES string of the molecule is CC1CC(C(=O)N(CCC(=O)O)Cc2ccccc2)CCO1. The van der Waals surface area contributed by atoms with E-state index in [9.17, 15) is 9.59 Å². The highest BCUT2D eigenvalue weighted by Crippen LogP contribution is 2.23. The summed E-state index contributed by atoms with van der Waals surface area (Å²) in [5, 5.41) is 8.90. The van der Waals surface area contributed by atoms with Crippen LogP contribution in [0.15, 0.2) is 30.3 Å². The number of carboxylic acids is 1. The molecule has 0 aliphatic carbocycles. The number of rotatable bonds is 6. The molecule has 1 saturated heterocycles. The molecule has 5 nitrogen and oxygen atoms in total. The molecule has 0 aromatic heterocycles. The van der Waals surface area contributed by atoms with Crippen LogP contribution in [0.4, 0.5) is 0 Å². The summed E-state index contributed by atoms with van der Waals surface area (Å²) < 4.78 is 5.49. The normalized spacial score (nSPS) is 21.3. The van der Waals surface area contributed by atoms with Gasteiger partial charge in [0.1, 0.15) is 0 Å². The number of carboxylic acid groups (broad SMARTS) is 1. The van der Waals surface area contributed by atoms with Crippen LogP contribution in [0.2, 0.25) is 0 Å². The number of nitrogens with zero attached hydrogens (tertiary/aromatic N) is 1. The van der Waals surface area contributed by atoms with Gasteiger partial charge in [0.2, 0.25) is 5.91 Å². The molecule has 0 bridgehead atoms. The standard InChI is InChI=1S/C17H23NO4/c1-13-11-15(8-10-22-13)17(21)18(9-7-16(19)20)12-14-5-3-2-4-6-14/h2-6,13,15H,7-12H2,1H3,(H,19,20). The van der Waals surface area contributed by atoms with Crippen LogP contribution in [-0.4, -0.2) is 41.1 Å². The third kappa shape index (κ3) is 4.84. The summed E-state index contributed by atoms with van der Waals surface area (Å²) >= 11 is 0. The van der Waals surface area contributed by atoms with E-state index < -0.39 is 5.97 Å². The monoisotopic (exact) mass is 305 g/mol. The summed E-state index contributed by atoms with van der Waals surface area (Å²) in [5.41, 5.74) is 1.02. The molecule has 1 fully saturated rings. The van der Waals surface area contributed by atoms with E-state index in [1.165, 1.54) is 0 Å². The Morgan fingerprint density at radius 2 is 2.05 bits per heavy atom. The van der Waals surface area contributed by atoms with Gasteiger partial charge < -0.3 is 14.7 Å². The van der Waals surface area contributed by atoms with Gasteiger partial charge in [0.15, 0.2) is 0 Å². The van der Waals surface area contributed by atoms with E-state index in [2.05, 4.69) is 0 Å². The van der Waals surface area contributed by atoms with Crippen molar-refractivity contribution >= 4 is 11.9 Å². The number of hydrogen-bond acceptors (Lipinski definition) is 3. The molecule has 1 heterocycles. The summed E-state index contributed by atoms with van der Waals surface area (Å²) in [6, 6.07) is 9.67. The van der Waals surface area contributed by atoms with Crippen molar-refractivity contribution in [2.75, 3.05) is 13.2 Å². The molecule has 120 valence electrons. The van der Waals surface area contributed by atoms with Crippen LogP contribution in [-0.2, 0) is 20.9 Å². The highest BCUT2D eigenvalue weighted by molar-refractivity contribution is 5.79. The minimum atomic E-state index is -0.883. The summed E-state index contributed by atoms with van der Waals surface area (Å²) in [4.78, 5) is 25.3. The summed E-state index contributed by atoms with van der Waals surface area (Å²) in [7, 11) is 0. The van der Waals surface area contributed by atoms with Gasteiger partial charge in [0.25, 0.3) is 0 Å². The molecule has 0 saturated carbocycles. The molecule has 1 aliphatic heterocycles. The fraction of sp³-hybridized carbons (Fsp3) is 0.529. The third-order valence-corrected chi connectivity index (χ3v) is 3.96. The van der Waals surface area contributed by atoms with Crippen molar-refractivity contribution in [3.8, 4) is 0 Å². The number of benzene rings is 1. The molecule has 1 aromatic rings. The van der Waals surface area contributed by atoms with Crippen LogP contribution >= 0.6 is 0 Å². The molecule has 1 aromatic carbocycles. The van der Waals surface area contributed by atoms with Gasteiger partial charge in [0.05, 0.1) is 12.5 Å². The first-order chi connectivity index (χ1) is 10.6. The molecule has 22 heavy (non-hydrogen) atoms. The van der Waals surface area contributed by atoms with Crippen molar-refractivity contribution < 1.29 is 19.4 Å². The second-order valence-corrected chi connectivity index (χ2v) is 5.79. The first-order valence-electron chi connectivity index (χ1n) is 7.72. The van der Waals surface area contributed by atoms with Gasteiger partial charge in [-0.3, -0.25) is 9.59 Å². The van der Waals surface area contributed by atoms with E-state index in [-0.39, 0.29) is 30.9 Å². The fourth-order valence-electron chi connectivity index (χ4n) is 2.78. The number of ether oxygens (including phenoxy) is 1. The zero-order chi connectivity index (χ0) is 15.9. The van der Waals surface area contributed by atoms with Gasteiger partial charge in [-0.2, -0.15) is 0 Å². The third-order valence-electron chi connectivity index (χ3n) is 3.96. The summed E-state index contributed by atoms with van der Waals surface area (Å²) in [6.45, 7) is 3.27. The molecule has 1 amide bonds. The molecule has 2 unspecified atom stereocenters. The number of aliphatic carboxylic acids is 1. The van der Waals surface area contributed by atoms with Gasteiger partial charge in [-0.25, -0.2) is 0 Å². The Kier molecular flexibility index (Phi) is 5.95. The molecule has 5 heteroatoms. The molecule has 0 spiro atoms. The average Bonchev–Trinajstić information content (AvgIpc) is 2.51. The molecule has 0 radical (unpaired) electrons. The molecule has 2 atom stereocenters. The smallest absolute Gasteiger partial charge is 0.305 e. The number of hydrogen-bond donors (Lipinski definition) is 1. The molecule has 1 N–H and O–H groups in total. The van der Waals surface area contributed by atoms with E-state index in [0.29, 0.717) is 26.0 Å². The number of amides is 1. The zero-order valence-corrected chi connectivity index (χ0v) is 12.9. The predicted molar refractivity (Wildman–Crippen MR) is 82.2 cm³/mol. The van der Waals surface area contributed by atoms with E-state index in [4.69, 9.17) is 9.84 Å². The molecule has 1 aliphatic rings. The van der Waals surface area contributed by atoms with Crippen LogP contribution in [0.3, 0.4) is 0 Å². The highest BCUT2D eigenvalue weighted by Gasteiger charge is 2.29. The van der Waals surface area contributed by atoms with Crippen molar-refractivity contribution in [2.24, 2.45) is 5.92 Å². The first-order valence-corrected chi connectivity index (χ1v) is 7.72. The van der Waals surface area contributed by atoms with Gasteiger partial charge in [-0.15, -0.1) is 0 Å².